The zero-order chi connectivity index (χ0) is 15.9. The SMILES string of the molecule is O=C(COC(c1ccccc1)c1ccccc1)NC1=NCCS1. The number of nitrogens with zero attached hydrogens (tertiary/aromatic N) is 1. The molecule has 1 N–H and O–H groups in total. The molecule has 1 aliphatic heterocycles. The van der Waals surface area contributed by atoms with Crippen LogP contribution in [0.15, 0.2) is 65.7 Å². The second-order valence-electron chi connectivity index (χ2n) is 5.10. The van der Waals surface area contributed by atoms with Crippen LogP contribution < -0.4 is 5.32 Å². The third kappa shape index (κ3) is 4.43. The summed E-state index contributed by atoms with van der Waals surface area (Å²) < 4.78 is 5.91. The van der Waals surface area contributed by atoms with Gasteiger partial charge in [0.1, 0.15) is 12.7 Å². The topological polar surface area (TPSA) is 50.7 Å². The van der Waals surface area contributed by atoms with E-state index in [9.17, 15) is 4.79 Å². The molecular weight excluding hydrogens is 308 g/mol. The molecule has 0 unspecified atom stereocenters. The lowest BCUT2D eigenvalue weighted by Crippen LogP contribution is -2.31. The van der Waals surface area contributed by atoms with Crippen LogP contribution in [0.5, 0.6) is 0 Å². The molecule has 3 rings (SSSR count). The number of nitrogens with one attached hydrogen (secondary N) is 1. The Morgan fingerprint density at radius 3 is 2.22 bits per heavy atom. The van der Waals surface area contributed by atoms with Gasteiger partial charge < -0.3 is 10.1 Å². The number of aliphatic imine (C=N–C) groups is 1. The Morgan fingerprint density at radius 2 is 1.70 bits per heavy atom. The molecule has 4 nitrogen and oxygen atoms in total. The van der Waals surface area contributed by atoms with Crippen molar-refractivity contribution in [2.24, 2.45) is 4.99 Å². The Hall–Kier alpha value is -2.11. The van der Waals surface area contributed by atoms with Crippen LogP contribution in [0.1, 0.15) is 17.2 Å². The van der Waals surface area contributed by atoms with Gasteiger partial charge in [0, 0.05) is 5.75 Å². The second kappa shape index (κ2) is 7.94. The summed E-state index contributed by atoms with van der Waals surface area (Å²) in [4.78, 5) is 16.2. The summed E-state index contributed by atoms with van der Waals surface area (Å²) >= 11 is 1.56. The molecule has 0 aliphatic carbocycles. The number of ether oxygens (including phenoxy) is 1. The second-order valence-corrected chi connectivity index (χ2v) is 6.18. The van der Waals surface area contributed by atoms with Crippen LogP contribution in [0.25, 0.3) is 0 Å². The van der Waals surface area contributed by atoms with Gasteiger partial charge in [0.25, 0.3) is 5.91 Å². The number of hydrogen-bond acceptors (Lipinski definition) is 4. The first-order chi connectivity index (χ1) is 11.3. The molecule has 0 saturated heterocycles. The van der Waals surface area contributed by atoms with Crippen molar-refractivity contribution in [2.75, 3.05) is 18.9 Å². The maximum atomic E-state index is 12.0. The van der Waals surface area contributed by atoms with Crippen molar-refractivity contribution < 1.29 is 9.53 Å². The highest BCUT2D eigenvalue weighted by Gasteiger charge is 2.17. The van der Waals surface area contributed by atoms with Gasteiger partial charge in [0.2, 0.25) is 0 Å². The summed E-state index contributed by atoms with van der Waals surface area (Å²) in [6, 6.07) is 19.8. The molecule has 5 heteroatoms. The highest BCUT2D eigenvalue weighted by molar-refractivity contribution is 8.14. The third-order valence-electron chi connectivity index (χ3n) is 3.42. The van der Waals surface area contributed by atoms with Crippen molar-refractivity contribution in [1.82, 2.24) is 5.32 Å². The average Bonchev–Trinajstić information content (AvgIpc) is 3.10. The van der Waals surface area contributed by atoms with Crippen LogP contribution in [-0.4, -0.2) is 30.0 Å². The van der Waals surface area contributed by atoms with Crippen LogP contribution in [0.2, 0.25) is 0 Å². The van der Waals surface area contributed by atoms with Crippen molar-refractivity contribution in [3.63, 3.8) is 0 Å². The summed E-state index contributed by atoms with van der Waals surface area (Å²) in [5.41, 5.74) is 2.05. The van der Waals surface area contributed by atoms with Crippen molar-refractivity contribution in [1.29, 1.82) is 0 Å². The Labute approximate surface area is 140 Å². The lowest BCUT2D eigenvalue weighted by Gasteiger charge is -2.18. The van der Waals surface area contributed by atoms with E-state index in [1.807, 2.05) is 60.7 Å². The highest BCUT2D eigenvalue weighted by Crippen LogP contribution is 2.25. The van der Waals surface area contributed by atoms with E-state index in [0.29, 0.717) is 5.17 Å². The zero-order valence-corrected chi connectivity index (χ0v) is 13.5. The van der Waals surface area contributed by atoms with Crippen LogP contribution in [0.3, 0.4) is 0 Å². The highest BCUT2D eigenvalue weighted by atomic mass is 32.2. The van der Waals surface area contributed by atoms with Gasteiger partial charge in [-0.05, 0) is 11.1 Å². The van der Waals surface area contributed by atoms with E-state index in [1.165, 1.54) is 0 Å². The average molecular weight is 326 g/mol. The Morgan fingerprint density at radius 1 is 1.09 bits per heavy atom. The maximum Gasteiger partial charge on any atom is 0.251 e. The van der Waals surface area contributed by atoms with Crippen LogP contribution in [-0.2, 0) is 9.53 Å². The molecule has 0 bridgehead atoms. The minimum absolute atomic E-state index is 0.00592. The minimum Gasteiger partial charge on any atom is -0.359 e. The maximum absolute atomic E-state index is 12.0. The fraction of sp³-hybridized carbons (Fsp3) is 0.222. The molecule has 0 spiro atoms. The Kier molecular flexibility index (Phi) is 5.45. The van der Waals surface area contributed by atoms with Gasteiger partial charge in [-0.2, -0.15) is 0 Å². The molecule has 2 aromatic rings. The van der Waals surface area contributed by atoms with Gasteiger partial charge in [-0.25, -0.2) is 0 Å². The predicted octanol–water partition coefficient (Wildman–Crippen LogP) is 3.01. The van der Waals surface area contributed by atoms with E-state index in [0.717, 1.165) is 23.4 Å². The molecular formula is C18H18N2O2S. The molecule has 2 aromatic carbocycles. The smallest absolute Gasteiger partial charge is 0.251 e. The molecule has 0 atom stereocenters. The van der Waals surface area contributed by atoms with Gasteiger partial charge in [0.15, 0.2) is 5.17 Å². The van der Waals surface area contributed by atoms with Crippen molar-refractivity contribution in [3.05, 3.63) is 71.8 Å². The van der Waals surface area contributed by atoms with Gasteiger partial charge >= 0.3 is 0 Å². The lowest BCUT2D eigenvalue weighted by molar-refractivity contribution is -0.125. The molecule has 118 valence electrons. The van der Waals surface area contributed by atoms with Gasteiger partial charge in [0.05, 0.1) is 6.54 Å². The first kappa shape index (κ1) is 15.8. The first-order valence-electron chi connectivity index (χ1n) is 7.51. The number of amides is 1. The fourth-order valence-electron chi connectivity index (χ4n) is 2.37. The van der Waals surface area contributed by atoms with Crippen molar-refractivity contribution in [2.45, 2.75) is 6.10 Å². The normalized spacial score (nSPS) is 13.9. The standard InChI is InChI=1S/C18H18N2O2S/c21-16(20-18-19-11-12-23-18)13-22-17(14-7-3-1-4-8-14)15-9-5-2-6-10-15/h1-10,17H,11-13H2,(H,19,20,21). The molecule has 0 saturated carbocycles. The summed E-state index contributed by atoms with van der Waals surface area (Å²) in [5, 5.41) is 3.48. The predicted molar refractivity (Wildman–Crippen MR) is 93.6 cm³/mol. The van der Waals surface area contributed by atoms with E-state index in [-0.39, 0.29) is 18.6 Å². The Balaban J connectivity index is 1.68. The first-order valence-corrected chi connectivity index (χ1v) is 8.50. The van der Waals surface area contributed by atoms with Crippen molar-refractivity contribution >= 4 is 22.8 Å². The van der Waals surface area contributed by atoms with E-state index >= 15 is 0 Å². The summed E-state index contributed by atoms with van der Waals surface area (Å²) in [7, 11) is 0. The van der Waals surface area contributed by atoms with E-state index in [4.69, 9.17) is 4.74 Å². The molecule has 1 aliphatic rings. The molecule has 1 heterocycles. The number of carbonyl (C=O) groups excluding carboxylic acids is 1. The van der Waals surface area contributed by atoms with Gasteiger partial charge in [-0.1, -0.05) is 72.4 Å². The number of benzene rings is 2. The largest absolute Gasteiger partial charge is 0.359 e. The van der Waals surface area contributed by atoms with E-state index in [2.05, 4.69) is 10.3 Å². The summed E-state index contributed by atoms with van der Waals surface area (Å²) in [6.07, 6.45) is -0.263. The number of rotatable bonds is 5. The number of thioether (sulfide) groups is 1. The van der Waals surface area contributed by atoms with Crippen LogP contribution in [0.4, 0.5) is 0 Å². The number of amidine groups is 1. The lowest BCUT2D eigenvalue weighted by atomic mass is 10.0. The van der Waals surface area contributed by atoms with Gasteiger partial charge in [-0.3, -0.25) is 9.79 Å². The molecule has 0 radical (unpaired) electrons. The van der Waals surface area contributed by atoms with Gasteiger partial charge in [-0.15, -0.1) is 0 Å². The van der Waals surface area contributed by atoms with Crippen molar-refractivity contribution in [3.8, 4) is 0 Å². The summed E-state index contributed by atoms with van der Waals surface area (Å²) in [6.45, 7) is 0.756. The van der Waals surface area contributed by atoms with Crippen LogP contribution in [0, 0.1) is 0 Å². The van der Waals surface area contributed by atoms with E-state index in [1.54, 1.807) is 11.8 Å². The molecule has 1 amide bonds. The van der Waals surface area contributed by atoms with Crippen LogP contribution >= 0.6 is 11.8 Å². The Bertz CT molecular complexity index is 634. The minimum atomic E-state index is -0.263. The zero-order valence-electron chi connectivity index (χ0n) is 12.6. The monoisotopic (exact) mass is 326 g/mol. The number of hydrogen-bond donors (Lipinski definition) is 1. The van der Waals surface area contributed by atoms with E-state index < -0.39 is 0 Å². The number of carbonyl (C=O) groups is 1. The third-order valence-corrected chi connectivity index (χ3v) is 4.31. The summed E-state index contributed by atoms with van der Waals surface area (Å²) in [5.74, 6) is 0.752. The molecule has 0 fully saturated rings. The quantitative estimate of drug-likeness (QED) is 0.919. The molecule has 23 heavy (non-hydrogen) atoms. The fourth-order valence-corrected chi connectivity index (χ4v) is 3.11. The molecule has 0 aromatic heterocycles.